The van der Waals surface area contributed by atoms with Gasteiger partial charge in [-0.25, -0.2) is 13.1 Å². The Bertz CT molecular complexity index is 725. The fourth-order valence-electron chi connectivity index (χ4n) is 1.92. The predicted octanol–water partition coefficient (Wildman–Crippen LogP) is 0.664. The summed E-state index contributed by atoms with van der Waals surface area (Å²) in [4.78, 5) is 0. The zero-order valence-corrected chi connectivity index (χ0v) is 12.7. The maximum Gasteiger partial charge on any atom is 0.260 e. The third-order valence-corrected chi connectivity index (χ3v) is 4.47. The summed E-state index contributed by atoms with van der Waals surface area (Å²) in [5.41, 5.74) is 7.51. The predicted molar refractivity (Wildman–Crippen MR) is 78.2 cm³/mol. The molecule has 0 aliphatic heterocycles. The molecule has 0 saturated carbocycles. The van der Waals surface area contributed by atoms with Crippen LogP contribution in [0.15, 0.2) is 29.3 Å². The van der Waals surface area contributed by atoms with Crippen LogP contribution in [0.5, 0.6) is 5.75 Å². The number of ether oxygens (including phenoxy) is 1. The molecule has 114 valence electrons. The highest BCUT2D eigenvalue weighted by Gasteiger charge is 2.22. The summed E-state index contributed by atoms with van der Waals surface area (Å²) in [6, 6.07) is 7.17. The summed E-state index contributed by atoms with van der Waals surface area (Å²) in [7, 11) is -2.15. The van der Waals surface area contributed by atoms with Crippen LogP contribution >= 0.6 is 0 Å². The summed E-state index contributed by atoms with van der Waals surface area (Å²) < 4.78 is 32.2. The average Bonchev–Trinajstić information content (AvgIpc) is 2.87. The number of benzene rings is 1. The largest absolute Gasteiger partial charge is 0.497 e. The molecule has 0 amide bonds. The summed E-state index contributed by atoms with van der Waals surface area (Å²) >= 11 is 0. The molecule has 0 atom stereocenters. The van der Waals surface area contributed by atoms with Gasteiger partial charge in [-0.05, 0) is 24.6 Å². The first-order chi connectivity index (χ1) is 9.97. The molecule has 0 bridgehead atoms. The molecule has 1 aromatic heterocycles. The fraction of sp³-hybridized carbons (Fsp3) is 0.308. The second-order valence-corrected chi connectivity index (χ2v) is 6.19. The first-order valence-electron chi connectivity index (χ1n) is 6.34. The van der Waals surface area contributed by atoms with Crippen LogP contribution in [0, 0.1) is 6.92 Å². The first kappa shape index (κ1) is 15.5. The van der Waals surface area contributed by atoms with E-state index in [1.165, 1.54) is 0 Å². The average molecular weight is 310 g/mol. The number of methoxy groups -OCH3 is 1. The van der Waals surface area contributed by atoms with Crippen molar-refractivity contribution < 1.29 is 13.2 Å². The van der Waals surface area contributed by atoms with Crippen LogP contribution in [0.1, 0.15) is 16.8 Å². The lowest BCUT2D eigenvalue weighted by atomic mass is 10.2. The molecule has 2 rings (SSSR count). The van der Waals surface area contributed by atoms with E-state index in [9.17, 15) is 8.42 Å². The number of H-pyrrole nitrogens is 1. The molecule has 1 heterocycles. The molecular weight excluding hydrogens is 292 g/mol. The van der Waals surface area contributed by atoms with Crippen LogP contribution in [0.4, 0.5) is 0 Å². The molecule has 0 aliphatic carbocycles. The molecule has 2 aromatic rings. The van der Waals surface area contributed by atoms with E-state index in [2.05, 4.69) is 14.9 Å². The van der Waals surface area contributed by atoms with E-state index in [-0.39, 0.29) is 18.1 Å². The zero-order chi connectivity index (χ0) is 15.5. The SMILES string of the molecule is COc1cccc(CNS(=O)(=O)c2n[nH]c(C)c2CN)c1. The standard InChI is InChI=1S/C13H18N4O3S/c1-9-12(7-14)13(17-16-9)21(18,19)15-8-10-4-3-5-11(6-10)20-2/h3-6,15H,7-8,14H2,1-2H3,(H,16,17). The Labute approximate surface area is 123 Å². The summed E-state index contributed by atoms with van der Waals surface area (Å²) in [6.07, 6.45) is 0. The van der Waals surface area contributed by atoms with Crippen molar-refractivity contribution in [3.63, 3.8) is 0 Å². The first-order valence-corrected chi connectivity index (χ1v) is 7.82. The van der Waals surface area contributed by atoms with Crippen LogP contribution < -0.4 is 15.2 Å². The van der Waals surface area contributed by atoms with Crippen molar-refractivity contribution in [2.24, 2.45) is 5.73 Å². The molecule has 7 nitrogen and oxygen atoms in total. The molecule has 1 aromatic carbocycles. The third kappa shape index (κ3) is 3.41. The van der Waals surface area contributed by atoms with Gasteiger partial charge in [-0.15, -0.1) is 0 Å². The highest BCUT2D eigenvalue weighted by molar-refractivity contribution is 7.89. The molecule has 0 aliphatic rings. The molecule has 0 fully saturated rings. The number of nitrogens with two attached hydrogens (primary N) is 1. The van der Waals surface area contributed by atoms with Gasteiger partial charge in [-0.1, -0.05) is 12.1 Å². The van der Waals surface area contributed by atoms with Gasteiger partial charge in [0.1, 0.15) is 5.75 Å². The smallest absolute Gasteiger partial charge is 0.260 e. The maximum atomic E-state index is 12.3. The molecule has 0 radical (unpaired) electrons. The Morgan fingerprint density at radius 1 is 1.43 bits per heavy atom. The lowest BCUT2D eigenvalue weighted by Crippen LogP contribution is -2.25. The van der Waals surface area contributed by atoms with E-state index in [0.717, 1.165) is 5.56 Å². The van der Waals surface area contributed by atoms with Crippen LogP contribution in [-0.2, 0) is 23.1 Å². The van der Waals surface area contributed by atoms with Gasteiger partial charge in [0.2, 0.25) is 0 Å². The fourth-order valence-corrected chi connectivity index (χ4v) is 3.14. The number of nitrogens with zero attached hydrogens (tertiary/aromatic N) is 1. The van der Waals surface area contributed by atoms with Crippen molar-refractivity contribution in [2.45, 2.75) is 25.0 Å². The summed E-state index contributed by atoms with van der Waals surface area (Å²) in [6.45, 7) is 1.99. The second-order valence-electron chi connectivity index (χ2n) is 4.51. The van der Waals surface area contributed by atoms with Crippen molar-refractivity contribution in [1.82, 2.24) is 14.9 Å². The number of hydrogen-bond donors (Lipinski definition) is 3. The van der Waals surface area contributed by atoms with Crippen molar-refractivity contribution in [2.75, 3.05) is 7.11 Å². The minimum absolute atomic E-state index is 0.0506. The Morgan fingerprint density at radius 2 is 2.19 bits per heavy atom. The minimum atomic E-state index is -3.71. The van der Waals surface area contributed by atoms with Crippen LogP contribution in [0.2, 0.25) is 0 Å². The van der Waals surface area contributed by atoms with Gasteiger partial charge in [0.05, 0.1) is 7.11 Å². The Morgan fingerprint density at radius 3 is 2.86 bits per heavy atom. The second kappa shape index (κ2) is 6.25. The highest BCUT2D eigenvalue weighted by Crippen LogP contribution is 2.17. The van der Waals surface area contributed by atoms with Gasteiger partial charge in [-0.3, -0.25) is 5.10 Å². The monoisotopic (exact) mass is 310 g/mol. The number of sulfonamides is 1. The summed E-state index contributed by atoms with van der Waals surface area (Å²) in [5.74, 6) is 0.671. The van der Waals surface area contributed by atoms with E-state index in [1.807, 2.05) is 6.07 Å². The lowest BCUT2D eigenvalue weighted by molar-refractivity contribution is 0.414. The van der Waals surface area contributed by atoms with E-state index in [4.69, 9.17) is 10.5 Å². The minimum Gasteiger partial charge on any atom is -0.497 e. The highest BCUT2D eigenvalue weighted by atomic mass is 32.2. The summed E-state index contributed by atoms with van der Waals surface area (Å²) in [5, 5.41) is 6.42. The van der Waals surface area contributed by atoms with Gasteiger partial charge in [-0.2, -0.15) is 5.10 Å². The van der Waals surface area contributed by atoms with Gasteiger partial charge in [0.25, 0.3) is 10.0 Å². The normalized spacial score (nSPS) is 11.6. The quantitative estimate of drug-likeness (QED) is 0.726. The van der Waals surface area contributed by atoms with Crippen molar-refractivity contribution in [3.05, 3.63) is 41.1 Å². The zero-order valence-electron chi connectivity index (χ0n) is 11.9. The van der Waals surface area contributed by atoms with E-state index < -0.39 is 10.0 Å². The molecule has 0 saturated heterocycles. The van der Waals surface area contributed by atoms with Crippen molar-refractivity contribution >= 4 is 10.0 Å². The number of aryl methyl sites for hydroxylation is 1. The van der Waals surface area contributed by atoms with Gasteiger partial charge in [0, 0.05) is 24.3 Å². The lowest BCUT2D eigenvalue weighted by Gasteiger charge is -2.07. The molecule has 21 heavy (non-hydrogen) atoms. The van der Waals surface area contributed by atoms with Gasteiger partial charge >= 0.3 is 0 Å². The molecule has 4 N–H and O–H groups in total. The number of aromatic nitrogens is 2. The molecular formula is C13H18N4O3S. The Balaban J connectivity index is 2.17. The number of rotatable bonds is 6. The van der Waals surface area contributed by atoms with Gasteiger partial charge < -0.3 is 10.5 Å². The maximum absolute atomic E-state index is 12.3. The number of hydrogen-bond acceptors (Lipinski definition) is 5. The third-order valence-electron chi connectivity index (χ3n) is 3.10. The molecule has 8 heteroatoms. The van der Waals surface area contributed by atoms with Crippen molar-refractivity contribution in [3.8, 4) is 5.75 Å². The Hall–Kier alpha value is -1.90. The molecule has 0 spiro atoms. The molecule has 0 unspecified atom stereocenters. The van der Waals surface area contributed by atoms with Crippen LogP contribution in [0.25, 0.3) is 0 Å². The topological polar surface area (TPSA) is 110 Å². The number of aromatic amines is 1. The van der Waals surface area contributed by atoms with E-state index in [0.29, 0.717) is 17.0 Å². The van der Waals surface area contributed by atoms with Gasteiger partial charge in [0.15, 0.2) is 5.03 Å². The van der Waals surface area contributed by atoms with E-state index >= 15 is 0 Å². The van der Waals surface area contributed by atoms with E-state index in [1.54, 1.807) is 32.2 Å². The Kier molecular flexibility index (Phi) is 4.61. The number of nitrogens with one attached hydrogen (secondary N) is 2. The van der Waals surface area contributed by atoms with Crippen molar-refractivity contribution in [1.29, 1.82) is 0 Å². The van der Waals surface area contributed by atoms with Crippen LogP contribution in [-0.4, -0.2) is 25.7 Å². The van der Waals surface area contributed by atoms with Crippen LogP contribution in [0.3, 0.4) is 0 Å².